The topological polar surface area (TPSA) is 25.8 Å². The lowest BCUT2D eigenvalue weighted by Crippen LogP contribution is -1.90. The van der Waals surface area contributed by atoms with Crippen LogP contribution in [-0.2, 0) is 0 Å². The van der Waals surface area contributed by atoms with Gasteiger partial charge in [0.1, 0.15) is 0 Å². The van der Waals surface area contributed by atoms with Gasteiger partial charge in [0.15, 0.2) is 0 Å². The smallest absolute Gasteiger partial charge is 0.0819 e. The molecule has 1 aromatic heterocycles. The molecule has 0 atom stereocenters. The molecule has 7 rings (SSSR count). The van der Waals surface area contributed by atoms with Crippen molar-refractivity contribution in [2.45, 2.75) is 0 Å². The Kier molecular flexibility index (Phi) is 4.18. The van der Waals surface area contributed by atoms with Crippen LogP contribution in [0.5, 0.6) is 0 Å². The zero-order valence-corrected chi connectivity index (χ0v) is 18.4. The Hall–Kier alpha value is -4.56. The molecule has 0 aliphatic heterocycles. The van der Waals surface area contributed by atoms with Gasteiger partial charge in [0.2, 0.25) is 0 Å². The Bertz CT molecular complexity index is 1420. The van der Waals surface area contributed by atoms with Crippen LogP contribution in [-0.4, -0.2) is 9.97 Å². The van der Waals surface area contributed by atoms with E-state index in [4.69, 9.17) is 9.97 Å². The first-order chi connectivity index (χ1) is 16.9. The second-order valence-electron chi connectivity index (χ2n) is 8.66. The SMILES string of the molecule is C(=C1c2ccccc2-c2ccccc21)c1cnc(C=C2c3ccccc3-c3ccccc32)cn1. The molecule has 34 heavy (non-hydrogen) atoms. The minimum atomic E-state index is 0.857. The van der Waals surface area contributed by atoms with Crippen molar-refractivity contribution in [2.75, 3.05) is 0 Å². The van der Waals surface area contributed by atoms with Crippen molar-refractivity contribution >= 4 is 23.3 Å². The zero-order valence-electron chi connectivity index (χ0n) is 18.4. The van der Waals surface area contributed by atoms with E-state index in [0.717, 1.165) is 11.4 Å². The van der Waals surface area contributed by atoms with Gasteiger partial charge in [-0.25, -0.2) is 0 Å². The van der Waals surface area contributed by atoms with Crippen LogP contribution in [0.4, 0.5) is 0 Å². The maximum absolute atomic E-state index is 4.76. The third-order valence-corrected chi connectivity index (χ3v) is 6.73. The Labute approximate surface area is 198 Å². The molecule has 4 aromatic carbocycles. The van der Waals surface area contributed by atoms with E-state index < -0.39 is 0 Å². The van der Waals surface area contributed by atoms with Gasteiger partial charge >= 0.3 is 0 Å². The van der Waals surface area contributed by atoms with E-state index in [2.05, 4.69) is 109 Å². The van der Waals surface area contributed by atoms with Crippen molar-refractivity contribution in [1.82, 2.24) is 9.97 Å². The minimum Gasteiger partial charge on any atom is -0.253 e. The summed E-state index contributed by atoms with van der Waals surface area (Å²) in [5.74, 6) is 0. The second-order valence-corrected chi connectivity index (χ2v) is 8.66. The lowest BCUT2D eigenvalue weighted by molar-refractivity contribution is 1.16. The summed E-state index contributed by atoms with van der Waals surface area (Å²) in [7, 11) is 0. The Morgan fingerprint density at radius 3 is 0.882 bits per heavy atom. The van der Waals surface area contributed by atoms with E-state index in [-0.39, 0.29) is 0 Å². The Morgan fingerprint density at radius 2 is 0.618 bits per heavy atom. The molecule has 0 fully saturated rings. The van der Waals surface area contributed by atoms with Crippen LogP contribution in [0.1, 0.15) is 33.6 Å². The first-order valence-corrected chi connectivity index (χ1v) is 11.5. The predicted molar refractivity (Wildman–Crippen MR) is 140 cm³/mol. The molecule has 2 heteroatoms. The van der Waals surface area contributed by atoms with E-state index >= 15 is 0 Å². The largest absolute Gasteiger partial charge is 0.253 e. The fourth-order valence-electron chi connectivity index (χ4n) is 5.21. The van der Waals surface area contributed by atoms with Gasteiger partial charge in [0.25, 0.3) is 0 Å². The highest BCUT2D eigenvalue weighted by Crippen LogP contribution is 2.45. The van der Waals surface area contributed by atoms with Gasteiger partial charge in [-0.2, -0.15) is 0 Å². The van der Waals surface area contributed by atoms with Crippen LogP contribution >= 0.6 is 0 Å². The summed E-state index contributed by atoms with van der Waals surface area (Å²) < 4.78 is 0. The van der Waals surface area contributed by atoms with Crippen molar-refractivity contribution < 1.29 is 0 Å². The molecule has 0 saturated carbocycles. The first kappa shape index (κ1) is 19.0. The molecule has 1 heterocycles. The number of hydrogen-bond donors (Lipinski definition) is 0. The number of aromatic nitrogens is 2. The maximum Gasteiger partial charge on any atom is 0.0819 e. The highest BCUT2D eigenvalue weighted by Gasteiger charge is 2.23. The van der Waals surface area contributed by atoms with Crippen molar-refractivity contribution in [3.05, 3.63) is 143 Å². The summed E-state index contributed by atoms with van der Waals surface area (Å²) in [6, 6.07) is 34.2. The van der Waals surface area contributed by atoms with Gasteiger partial charge in [-0.3, -0.25) is 9.97 Å². The third-order valence-electron chi connectivity index (χ3n) is 6.73. The summed E-state index contributed by atoms with van der Waals surface area (Å²) in [6.07, 6.45) is 8.04. The van der Waals surface area contributed by atoms with Crippen molar-refractivity contribution in [2.24, 2.45) is 0 Å². The summed E-state index contributed by atoms with van der Waals surface area (Å²) in [4.78, 5) is 9.52. The predicted octanol–water partition coefficient (Wildman–Crippen LogP) is 7.62. The first-order valence-electron chi connectivity index (χ1n) is 11.5. The molecule has 0 spiro atoms. The molecule has 5 aromatic rings. The highest BCUT2D eigenvalue weighted by molar-refractivity contribution is 6.07. The lowest BCUT2D eigenvalue weighted by Gasteiger charge is -2.04. The van der Waals surface area contributed by atoms with Crippen LogP contribution < -0.4 is 0 Å². The van der Waals surface area contributed by atoms with Gasteiger partial charge in [0.05, 0.1) is 23.8 Å². The molecule has 158 valence electrons. The summed E-state index contributed by atoms with van der Waals surface area (Å²) >= 11 is 0. The number of benzene rings is 4. The van der Waals surface area contributed by atoms with E-state index in [0.29, 0.717) is 0 Å². The van der Waals surface area contributed by atoms with Crippen molar-refractivity contribution in [1.29, 1.82) is 0 Å². The molecule has 0 radical (unpaired) electrons. The third kappa shape index (κ3) is 2.89. The van der Waals surface area contributed by atoms with Crippen molar-refractivity contribution in [3.8, 4) is 22.3 Å². The monoisotopic (exact) mass is 432 g/mol. The fourth-order valence-corrected chi connectivity index (χ4v) is 5.21. The van der Waals surface area contributed by atoms with Gasteiger partial charge in [-0.1, -0.05) is 97.1 Å². The van der Waals surface area contributed by atoms with Crippen LogP contribution in [0.25, 0.3) is 45.6 Å². The van der Waals surface area contributed by atoms with E-state index in [1.54, 1.807) is 0 Å². The molecular weight excluding hydrogens is 412 g/mol. The normalized spacial score (nSPS) is 12.6. The van der Waals surface area contributed by atoms with Gasteiger partial charge < -0.3 is 0 Å². The van der Waals surface area contributed by atoms with E-state index in [1.165, 1.54) is 55.7 Å². The van der Waals surface area contributed by atoms with Gasteiger partial charge in [-0.15, -0.1) is 0 Å². The standard InChI is InChI=1S/C32H20N2/c1-5-13-27-23(9-1)24-10-2-6-14-28(24)31(27)17-21-19-34-22(20-33-21)18-32-29-15-7-3-11-25(29)26-12-4-8-16-30(26)32/h1-20H. The fraction of sp³-hybridized carbons (Fsp3) is 0. The van der Waals surface area contributed by atoms with Crippen molar-refractivity contribution in [3.63, 3.8) is 0 Å². The average molecular weight is 433 g/mol. The van der Waals surface area contributed by atoms with Crippen LogP contribution in [0.3, 0.4) is 0 Å². The maximum atomic E-state index is 4.76. The molecule has 2 aliphatic rings. The van der Waals surface area contributed by atoms with Crippen LogP contribution in [0.15, 0.2) is 109 Å². The molecule has 2 aliphatic carbocycles. The second kappa shape index (κ2) is 7.50. The molecule has 0 unspecified atom stereocenters. The average Bonchev–Trinajstić information content (AvgIpc) is 3.39. The number of hydrogen-bond acceptors (Lipinski definition) is 2. The van der Waals surface area contributed by atoms with Gasteiger partial charge in [-0.05, 0) is 67.8 Å². The Balaban J connectivity index is 1.29. The molecule has 0 N–H and O–H groups in total. The van der Waals surface area contributed by atoms with Crippen LogP contribution in [0, 0.1) is 0 Å². The molecule has 0 saturated heterocycles. The number of nitrogens with zero attached hydrogens (tertiary/aromatic N) is 2. The van der Waals surface area contributed by atoms with E-state index in [1.807, 2.05) is 12.4 Å². The molecule has 2 nitrogen and oxygen atoms in total. The quantitative estimate of drug-likeness (QED) is 0.281. The minimum absolute atomic E-state index is 0.857. The summed E-state index contributed by atoms with van der Waals surface area (Å²) in [6.45, 7) is 0. The summed E-state index contributed by atoms with van der Waals surface area (Å²) in [5.41, 5.74) is 14.2. The summed E-state index contributed by atoms with van der Waals surface area (Å²) in [5, 5.41) is 0. The van der Waals surface area contributed by atoms with Crippen LogP contribution in [0.2, 0.25) is 0 Å². The lowest BCUT2D eigenvalue weighted by atomic mass is 10.0. The molecule has 0 amide bonds. The number of rotatable bonds is 2. The highest BCUT2D eigenvalue weighted by atomic mass is 14.8. The molecular formula is C32H20N2. The van der Waals surface area contributed by atoms with Gasteiger partial charge in [0, 0.05) is 0 Å². The number of fused-ring (bicyclic) bond motifs is 6. The molecule has 0 bridgehead atoms. The van der Waals surface area contributed by atoms with E-state index in [9.17, 15) is 0 Å². The Morgan fingerprint density at radius 1 is 0.353 bits per heavy atom. The zero-order chi connectivity index (χ0) is 22.5.